The SMILES string of the molecule is Cl.Cl.NNc1ccc(C(=O)O)cc1.NNc1ccccc1. The minimum absolute atomic E-state index is 0. The number of hydrogen-bond acceptors (Lipinski definition) is 5. The van der Waals surface area contributed by atoms with Crippen molar-refractivity contribution < 1.29 is 9.90 Å². The summed E-state index contributed by atoms with van der Waals surface area (Å²) in [4.78, 5) is 10.3. The van der Waals surface area contributed by atoms with Crippen LogP contribution in [0.1, 0.15) is 10.4 Å². The van der Waals surface area contributed by atoms with Gasteiger partial charge in [-0.1, -0.05) is 18.2 Å². The molecular weight excluding hydrogens is 315 g/mol. The van der Waals surface area contributed by atoms with Crippen molar-refractivity contribution in [3.05, 3.63) is 60.2 Å². The van der Waals surface area contributed by atoms with E-state index in [-0.39, 0.29) is 30.4 Å². The van der Waals surface area contributed by atoms with Gasteiger partial charge >= 0.3 is 5.97 Å². The minimum Gasteiger partial charge on any atom is -0.478 e. The molecule has 0 spiro atoms. The van der Waals surface area contributed by atoms with Gasteiger partial charge in [-0.15, -0.1) is 24.8 Å². The van der Waals surface area contributed by atoms with Gasteiger partial charge in [0, 0.05) is 11.4 Å². The molecule has 116 valence electrons. The minimum atomic E-state index is -0.937. The lowest BCUT2D eigenvalue weighted by molar-refractivity contribution is 0.0697. The first kappa shape index (κ1) is 21.3. The van der Waals surface area contributed by atoms with Crippen molar-refractivity contribution in [2.24, 2.45) is 11.7 Å². The number of carboxylic acids is 1. The number of carboxylic acid groups (broad SMARTS) is 1. The van der Waals surface area contributed by atoms with Gasteiger partial charge in [0.2, 0.25) is 0 Å². The highest BCUT2D eigenvalue weighted by atomic mass is 35.5. The average molecular weight is 333 g/mol. The van der Waals surface area contributed by atoms with E-state index in [1.54, 1.807) is 12.1 Å². The molecule has 0 aliphatic rings. The summed E-state index contributed by atoms with van der Waals surface area (Å²) in [7, 11) is 0. The molecule has 0 aliphatic carbocycles. The number of anilines is 2. The first-order valence-electron chi connectivity index (χ1n) is 5.49. The molecule has 2 aromatic carbocycles. The molecular formula is C13H18Cl2N4O2. The fourth-order valence-corrected chi connectivity index (χ4v) is 1.24. The number of para-hydroxylation sites is 1. The van der Waals surface area contributed by atoms with Gasteiger partial charge < -0.3 is 16.0 Å². The summed E-state index contributed by atoms with van der Waals surface area (Å²) >= 11 is 0. The number of halogens is 2. The van der Waals surface area contributed by atoms with E-state index in [0.717, 1.165) is 5.69 Å². The van der Waals surface area contributed by atoms with Crippen molar-refractivity contribution >= 4 is 42.2 Å². The number of nitrogens with two attached hydrogens (primary N) is 2. The summed E-state index contributed by atoms with van der Waals surface area (Å²) in [5.74, 6) is 9.24. The van der Waals surface area contributed by atoms with E-state index in [2.05, 4.69) is 10.9 Å². The Morgan fingerprint density at radius 1 is 0.810 bits per heavy atom. The molecule has 2 aromatic rings. The number of nitrogens with one attached hydrogen (secondary N) is 2. The Morgan fingerprint density at radius 2 is 1.24 bits per heavy atom. The number of aromatic carboxylic acids is 1. The average Bonchev–Trinajstić information content (AvgIpc) is 2.48. The lowest BCUT2D eigenvalue weighted by Gasteiger charge is -1.98. The maximum atomic E-state index is 10.3. The topological polar surface area (TPSA) is 113 Å². The summed E-state index contributed by atoms with van der Waals surface area (Å²) in [6.07, 6.45) is 0. The Labute approximate surface area is 135 Å². The van der Waals surface area contributed by atoms with Crippen LogP contribution in [0.5, 0.6) is 0 Å². The van der Waals surface area contributed by atoms with Gasteiger partial charge in [0.1, 0.15) is 0 Å². The van der Waals surface area contributed by atoms with Crippen LogP contribution in [-0.2, 0) is 0 Å². The molecule has 0 radical (unpaired) electrons. The molecule has 0 aliphatic heterocycles. The molecule has 0 heterocycles. The second kappa shape index (κ2) is 11.8. The molecule has 21 heavy (non-hydrogen) atoms. The van der Waals surface area contributed by atoms with Gasteiger partial charge in [-0.3, -0.25) is 11.7 Å². The van der Waals surface area contributed by atoms with Crippen molar-refractivity contribution in [2.75, 3.05) is 10.9 Å². The molecule has 2 rings (SSSR count). The Hall–Kier alpha value is -1.99. The Morgan fingerprint density at radius 3 is 1.57 bits per heavy atom. The van der Waals surface area contributed by atoms with Gasteiger partial charge in [0.25, 0.3) is 0 Å². The lowest BCUT2D eigenvalue weighted by atomic mass is 10.2. The predicted molar refractivity (Wildman–Crippen MR) is 90.0 cm³/mol. The standard InChI is InChI=1S/C7H8N2O2.C6H8N2.2ClH/c8-9-6-3-1-5(2-4-6)7(10)11;7-8-6-4-2-1-3-5-6;;/h1-4,9H,8H2,(H,10,11);1-5,8H,7H2;2*1H. The molecule has 0 bridgehead atoms. The molecule has 0 saturated carbocycles. The molecule has 0 saturated heterocycles. The normalized spacial score (nSPS) is 8.10. The Bertz CT molecular complexity index is 509. The van der Waals surface area contributed by atoms with E-state index < -0.39 is 5.97 Å². The molecule has 0 amide bonds. The Balaban J connectivity index is 0. The van der Waals surface area contributed by atoms with Crippen LogP contribution in [-0.4, -0.2) is 11.1 Å². The van der Waals surface area contributed by atoms with Crippen LogP contribution in [0.15, 0.2) is 54.6 Å². The summed E-state index contributed by atoms with van der Waals surface area (Å²) in [5.41, 5.74) is 6.81. The van der Waals surface area contributed by atoms with Gasteiger partial charge in [0.15, 0.2) is 0 Å². The van der Waals surface area contributed by atoms with Gasteiger partial charge in [-0.2, -0.15) is 0 Å². The summed E-state index contributed by atoms with van der Waals surface area (Å²) < 4.78 is 0. The van der Waals surface area contributed by atoms with E-state index in [1.165, 1.54) is 12.1 Å². The molecule has 0 aromatic heterocycles. The van der Waals surface area contributed by atoms with Crippen LogP contribution in [0.2, 0.25) is 0 Å². The van der Waals surface area contributed by atoms with Crippen LogP contribution in [0.4, 0.5) is 11.4 Å². The van der Waals surface area contributed by atoms with Gasteiger partial charge in [0.05, 0.1) is 5.56 Å². The van der Waals surface area contributed by atoms with E-state index >= 15 is 0 Å². The number of rotatable bonds is 3. The van der Waals surface area contributed by atoms with E-state index in [9.17, 15) is 4.79 Å². The van der Waals surface area contributed by atoms with Crippen LogP contribution in [0.25, 0.3) is 0 Å². The zero-order chi connectivity index (χ0) is 14.1. The zero-order valence-corrected chi connectivity index (χ0v) is 12.7. The number of benzene rings is 2. The Kier molecular flexibility index (Phi) is 12.0. The van der Waals surface area contributed by atoms with Crippen LogP contribution < -0.4 is 22.5 Å². The van der Waals surface area contributed by atoms with Crippen LogP contribution in [0, 0.1) is 0 Å². The third-order valence-electron chi connectivity index (χ3n) is 2.24. The van der Waals surface area contributed by atoms with Crippen molar-refractivity contribution in [1.29, 1.82) is 0 Å². The third-order valence-corrected chi connectivity index (χ3v) is 2.24. The van der Waals surface area contributed by atoms with E-state index in [4.69, 9.17) is 16.8 Å². The maximum absolute atomic E-state index is 10.3. The lowest BCUT2D eigenvalue weighted by Crippen LogP contribution is -2.06. The highest BCUT2D eigenvalue weighted by Crippen LogP contribution is 2.07. The molecule has 0 atom stereocenters. The molecule has 0 fully saturated rings. The van der Waals surface area contributed by atoms with Crippen molar-refractivity contribution in [2.45, 2.75) is 0 Å². The second-order valence-electron chi connectivity index (χ2n) is 3.54. The maximum Gasteiger partial charge on any atom is 0.335 e. The number of nitrogen functional groups attached to an aromatic ring is 2. The second-order valence-corrected chi connectivity index (χ2v) is 3.54. The molecule has 8 heteroatoms. The monoisotopic (exact) mass is 332 g/mol. The number of hydrazine groups is 2. The summed E-state index contributed by atoms with van der Waals surface area (Å²) in [6.45, 7) is 0. The van der Waals surface area contributed by atoms with Gasteiger partial charge in [-0.05, 0) is 36.4 Å². The number of carbonyl (C=O) groups is 1. The van der Waals surface area contributed by atoms with Gasteiger partial charge in [-0.25, -0.2) is 4.79 Å². The third kappa shape index (κ3) is 8.01. The van der Waals surface area contributed by atoms with Crippen molar-refractivity contribution in [3.63, 3.8) is 0 Å². The largest absolute Gasteiger partial charge is 0.478 e. The van der Waals surface area contributed by atoms with Crippen molar-refractivity contribution in [3.8, 4) is 0 Å². The highest BCUT2D eigenvalue weighted by molar-refractivity contribution is 5.88. The fourth-order valence-electron chi connectivity index (χ4n) is 1.24. The zero-order valence-electron chi connectivity index (χ0n) is 11.0. The van der Waals surface area contributed by atoms with Crippen molar-refractivity contribution in [1.82, 2.24) is 0 Å². The smallest absolute Gasteiger partial charge is 0.335 e. The molecule has 6 nitrogen and oxygen atoms in total. The highest BCUT2D eigenvalue weighted by Gasteiger charge is 1.99. The van der Waals surface area contributed by atoms with Crippen LogP contribution >= 0.6 is 24.8 Å². The predicted octanol–water partition coefficient (Wildman–Crippen LogP) is 2.49. The molecule has 0 unspecified atom stereocenters. The first-order chi connectivity index (χ1) is 9.17. The molecule has 7 N–H and O–H groups in total. The quantitative estimate of drug-likeness (QED) is 0.436. The summed E-state index contributed by atoms with van der Waals surface area (Å²) in [5, 5.41) is 8.50. The van der Waals surface area contributed by atoms with E-state index in [1.807, 2.05) is 30.3 Å². The number of hydrogen-bond donors (Lipinski definition) is 5. The van der Waals surface area contributed by atoms with E-state index in [0.29, 0.717) is 5.69 Å². The van der Waals surface area contributed by atoms with Crippen LogP contribution in [0.3, 0.4) is 0 Å². The summed E-state index contributed by atoms with van der Waals surface area (Å²) in [6, 6.07) is 15.8. The fraction of sp³-hybridized carbons (Fsp3) is 0. The first-order valence-corrected chi connectivity index (χ1v) is 5.49.